The van der Waals surface area contributed by atoms with Crippen molar-refractivity contribution >= 4 is 16.6 Å². The molecule has 0 bridgehead atoms. The third kappa shape index (κ3) is 3.35. The summed E-state index contributed by atoms with van der Waals surface area (Å²) in [6.07, 6.45) is 0.854. The lowest BCUT2D eigenvalue weighted by molar-refractivity contribution is 0.134. The van der Waals surface area contributed by atoms with Crippen LogP contribution in [0.4, 0.5) is 0 Å². The van der Waals surface area contributed by atoms with E-state index in [0.29, 0.717) is 0 Å². The van der Waals surface area contributed by atoms with Gasteiger partial charge in [-0.05, 0) is 39.5 Å². The number of rotatable bonds is 5. The van der Waals surface area contributed by atoms with Gasteiger partial charge in [0, 0.05) is 0 Å². The monoisotopic (exact) mass is 232 g/mol. The Balaban J connectivity index is 4.82. The van der Waals surface area contributed by atoms with Crippen LogP contribution in [0.25, 0.3) is 0 Å². The first-order valence-electron chi connectivity index (χ1n) is 5.14. The third-order valence-electron chi connectivity index (χ3n) is 2.95. The normalized spacial score (nSPS) is 17.6. The highest BCUT2D eigenvalue weighted by atomic mass is 28.4. The van der Waals surface area contributed by atoms with Gasteiger partial charge in [-0.3, -0.25) is 0 Å². The van der Waals surface area contributed by atoms with Crippen molar-refractivity contribution in [1.29, 1.82) is 0 Å². The second-order valence-electron chi connectivity index (χ2n) is 5.05. The van der Waals surface area contributed by atoms with Gasteiger partial charge in [-0.1, -0.05) is 12.6 Å². The molecule has 84 valence electrons. The summed E-state index contributed by atoms with van der Waals surface area (Å²) in [7, 11) is -4.08. The lowest BCUT2D eigenvalue weighted by Crippen LogP contribution is -2.58. The molecule has 0 heterocycles. The maximum atomic E-state index is 10.2. The van der Waals surface area contributed by atoms with Crippen molar-refractivity contribution in [2.24, 2.45) is 0 Å². The van der Waals surface area contributed by atoms with E-state index in [1.165, 1.54) is 0 Å². The minimum Gasteiger partial charge on any atom is -0.429 e. The fraction of sp³-hybridized carbons (Fsp3) is 0.800. The van der Waals surface area contributed by atoms with Gasteiger partial charge in [0.2, 0.25) is 16.6 Å². The average molecular weight is 232 g/mol. The van der Waals surface area contributed by atoms with Crippen molar-refractivity contribution in [3.63, 3.8) is 0 Å². The fourth-order valence-electron chi connectivity index (χ4n) is 1.25. The van der Waals surface area contributed by atoms with Gasteiger partial charge in [0.25, 0.3) is 0 Å². The Morgan fingerprint density at radius 3 is 2.00 bits per heavy atom. The maximum Gasteiger partial charge on any atom is 0.212 e. The molecule has 14 heavy (non-hydrogen) atoms. The zero-order chi connectivity index (χ0) is 11.6. The molecule has 0 aliphatic rings. The van der Waals surface area contributed by atoms with Crippen LogP contribution in [0.1, 0.15) is 20.3 Å². The second kappa shape index (κ2) is 4.30. The fourth-order valence-corrected chi connectivity index (χ4v) is 5.29. The largest absolute Gasteiger partial charge is 0.429 e. The van der Waals surface area contributed by atoms with Gasteiger partial charge in [0.15, 0.2) is 0 Å². The van der Waals surface area contributed by atoms with Gasteiger partial charge < -0.3 is 9.22 Å². The van der Waals surface area contributed by atoms with Gasteiger partial charge in [-0.15, -0.1) is 6.58 Å². The molecule has 1 N–H and O–H groups in total. The van der Waals surface area contributed by atoms with Crippen LogP contribution in [0.3, 0.4) is 0 Å². The van der Waals surface area contributed by atoms with Gasteiger partial charge in [-0.25, -0.2) is 0 Å². The average Bonchev–Trinajstić information content (AvgIpc) is 2.01. The number of hydrogen-bond acceptors (Lipinski definition) is 2. The summed E-state index contributed by atoms with van der Waals surface area (Å²) in [6, 6.07) is 0. The molecule has 1 atom stereocenters. The van der Waals surface area contributed by atoms with E-state index in [-0.39, 0.29) is 5.22 Å². The quantitative estimate of drug-likeness (QED) is 0.739. The van der Waals surface area contributed by atoms with E-state index in [2.05, 4.69) is 26.6 Å². The van der Waals surface area contributed by atoms with E-state index in [1.54, 1.807) is 0 Å². The second-order valence-corrected chi connectivity index (χ2v) is 13.0. The molecule has 4 heteroatoms. The van der Waals surface area contributed by atoms with Crippen molar-refractivity contribution in [3.05, 3.63) is 12.3 Å². The predicted molar refractivity (Wildman–Crippen MR) is 67.2 cm³/mol. The van der Waals surface area contributed by atoms with Crippen LogP contribution in [0, 0.1) is 0 Å². The van der Waals surface area contributed by atoms with Crippen LogP contribution < -0.4 is 0 Å². The van der Waals surface area contributed by atoms with Crippen molar-refractivity contribution in [2.45, 2.75) is 51.7 Å². The molecule has 1 unspecified atom stereocenters. The summed E-state index contributed by atoms with van der Waals surface area (Å²) < 4.78 is 6.12. The molecule has 0 aliphatic heterocycles. The van der Waals surface area contributed by atoms with E-state index in [1.807, 2.05) is 25.7 Å². The molecule has 0 fully saturated rings. The van der Waals surface area contributed by atoms with E-state index >= 15 is 0 Å². The van der Waals surface area contributed by atoms with E-state index < -0.39 is 16.6 Å². The molecule has 2 nitrogen and oxygen atoms in total. The van der Waals surface area contributed by atoms with Gasteiger partial charge >= 0.3 is 0 Å². The molecule has 0 rings (SSSR count). The molecule has 0 saturated heterocycles. The van der Waals surface area contributed by atoms with Crippen molar-refractivity contribution in [3.8, 4) is 0 Å². The molecular weight excluding hydrogens is 208 g/mol. The molecule has 0 saturated carbocycles. The third-order valence-corrected chi connectivity index (χ3v) is 8.16. The van der Waals surface area contributed by atoms with E-state index in [0.717, 1.165) is 6.42 Å². The topological polar surface area (TPSA) is 29.5 Å². The van der Waals surface area contributed by atoms with E-state index in [4.69, 9.17) is 4.43 Å². The Morgan fingerprint density at radius 1 is 1.36 bits per heavy atom. The Hall–Kier alpha value is 0.0938. The summed E-state index contributed by atoms with van der Waals surface area (Å²) in [5, 5.41) is -0.350. The van der Waals surface area contributed by atoms with Crippen LogP contribution in [-0.4, -0.2) is 26.7 Å². The summed E-state index contributed by atoms with van der Waals surface area (Å²) >= 11 is 0. The summed E-state index contributed by atoms with van der Waals surface area (Å²) in [6.45, 7) is 16.0. The highest BCUT2D eigenvalue weighted by Crippen LogP contribution is 2.29. The zero-order valence-electron chi connectivity index (χ0n) is 10.3. The predicted octanol–water partition coefficient (Wildman–Crippen LogP) is 2.84. The molecule has 0 aromatic heterocycles. The smallest absolute Gasteiger partial charge is 0.212 e. The Kier molecular flexibility index (Phi) is 4.33. The number of hydrogen-bond donors (Lipinski definition) is 1. The van der Waals surface area contributed by atoms with Crippen LogP contribution in [0.5, 0.6) is 0 Å². The molecule has 0 aromatic carbocycles. The molecule has 0 spiro atoms. The van der Waals surface area contributed by atoms with Crippen molar-refractivity contribution < 1.29 is 9.22 Å². The molecule has 0 aliphatic carbocycles. The van der Waals surface area contributed by atoms with E-state index in [9.17, 15) is 4.80 Å². The van der Waals surface area contributed by atoms with Crippen LogP contribution in [-0.2, 0) is 4.43 Å². The van der Waals surface area contributed by atoms with Crippen molar-refractivity contribution in [1.82, 2.24) is 0 Å². The highest BCUT2D eigenvalue weighted by Gasteiger charge is 2.44. The first-order chi connectivity index (χ1) is 6.08. The first kappa shape index (κ1) is 14.1. The van der Waals surface area contributed by atoms with Crippen molar-refractivity contribution in [2.75, 3.05) is 0 Å². The maximum absolute atomic E-state index is 10.2. The van der Waals surface area contributed by atoms with Gasteiger partial charge in [-0.2, -0.15) is 0 Å². The van der Waals surface area contributed by atoms with Crippen LogP contribution >= 0.6 is 0 Å². The Labute approximate surface area is 90.3 Å². The summed E-state index contributed by atoms with van der Waals surface area (Å²) in [5.74, 6) is 0. The van der Waals surface area contributed by atoms with Crippen LogP contribution in [0.15, 0.2) is 12.3 Å². The minimum atomic E-state index is -2.27. The van der Waals surface area contributed by atoms with Gasteiger partial charge in [0.1, 0.15) is 0 Å². The molecule has 0 aromatic rings. The summed E-state index contributed by atoms with van der Waals surface area (Å²) in [5.41, 5.74) is 1.92. The summed E-state index contributed by atoms with van der Waals surface area (Å²) in [4.78, 5) is 10.2. The van der Waals surface area contributed by atoms with Gasteiger partial charge in [0.05, 0.1) is 5.22 Å². The standard InChI is InChI=1S/C10H24O2Si2/c1-8-10(3,14(6,7)11)12-13(4,5)9-2/h9,11H,2,8H2,1,3-7H3. The Morgan fingerprint density at radius 2 is 1.79 bits per heavy atom. The molecule has 0 amide bonds. The minimum absolute atomic E-state index is 0.350. The lowest BCUT2D eigenvalue weighted by Gasteiger charge is -2.42. The Bertz CT molecular complexity index is 209. The first-order valence-corrected chi connectivity index (χ1v) is 11.1. The SMILES string of the molecule is C=C[Si](C)(C)OC(C)(CC)[Si](C)(C)O. The zero-order valence-corrected chi connectivity index (χ0v) is 12.3. The molecular formula is C10H24O2Si2. The molecule has 0 radical (unpaired) electrons. The lowest BCUT2D eigenvalue weighted by atomic mass is 10.3. The highest BCUT2D eigenvalue weighted by molar-refractivity contribution is 6.79. The van der Waals surface area contributed by atoms with Crippen LogP contribution in [0.2, 0.25) is 26.2 Å².